The van der Waals surface area contributed by atoms with Gasteiger partial charge in [0.2, 0.25) is 11.2 Å². The van der Waals surface area contributed by atoms with E-state index in [4.69, 9.17) is 23.7 Å². The molecule has 20 heteroatoms. The number of methoxy groups -OCH3 is 1. The molecule has 12 N–H and O–H groups in total. The Morgan fingerprint density at radius 1 is 0.531 bits per heavy atom. The van der Waals surface area contributed by atoms with Crippen molar-refractivity contribution in [3.05, 3.63) is 110 Å². The van der Waals surface area contributed by atoms with Gasteiger partial charge in [0.1, 0.15) is 46.7 Å². The molecule has 0 fully saturated rings. The fourth-order valence-electron chi connectivity index (χ4n) is 7.75. The summed E-state index contributed by atoms with van der Waals surface area (Å²) < 4.78 is 29.0. The van der Waals surface area contributed by atoms with E-state index in [1.54, 1.807) is 0 Å². The predicted molar refractivity (Wildman–Crippen MR) is 215 cm³/mol. The van der Waals surface area contributed by atoms with Gasteiger partial charge in [-0.3, -0.25) is 4.79 Å². The molecule has 4 atom stereocenters. The fourth-order valence-corrected chi connectivity index (χ4v) is 7.75. The Bertz CT molecular complexity index is 2970. The van der Waals surface area contributed by atoms with Crippen molar-refractivity contribution in [2.45, 2.75) is 37.3 Å². The molecule has 4 unspecified atom stereocenters. The molecule has 6 aromatic rings. The van der Waals surface area contributed by atoms with E-state index in [-0.39, 0.29) is 63.3 Å². The van der Waals surface area contributed by atoms with Gasteiger partial charge >= 0.3 is 11.9 Å². The highest BCUT2D eigenvalue weighted by Gasteiger charge is 2.41. The van der Waals surface area contributed by atoms with Crippen LogP contribution in [0.4, 0.5) is 0 Å². The molecule has 2 heterocycles. The lowest BCUT2D eigenvalue weighted by Crippen LogP contribution is -2.35. The van der Waals surface area contributed by atoms with E-state index >= 15 is 0 Å². The zero-order valence-electron chi connectivity index (χ0n) is 32.7. The lowest BCUT2D eigenvalue weighted by Gasteiger charge is -2.35. The highest BCUT2D eigenvalue weighted by molar-refractivity contribution is 5.95. The molecule has 0 aromatic heterocycles. The van der Waals surface area contributed by atoms with Gasteiger partial charge in [-0.05, 0) is 47.9 Å². The number of hydrogen-bond donors (Lipinski definition) is 12. The second kappa shape index (κ2) is 15.6. The average Bonchev–Trinajstić information content (AvgIpc) is 3.36. The van der Waals surface area contributed by atoms with Crippen molar-refractivity contribution in [3.63, 3.8) is 0 Å². The van der Waals surface area contributed by atoms with Crippen molar-refractivity contribution in [2.24, 2.45) is 0 Å². The number of phenolic OH excluding ortho intramolecular Hbond substituents is 11. The third-order valence-corrected chi connectivity index (χ3v) is 10.7. The third kappa shape index (κ3) is 7.27. The van der Waals surface area contributed by atoms with E-state index < -0.39 is 122 Å². The van der Waals surface area contributed by atoms with Crippen molar-refractivity contribution in [2.75, 3.05) is 7.11 Å². The van der Waals surface area contributed by atoms with E-state index in [1.807, 2.05) is 0 Å². The molecule has 0 saturated heterocycles. The summed E-state index contributed by atoms with van der Waals surface area (Å²) >= 11 is 0. The number of carbonyl (C=O) groups is 2. The number of aromatic hydroxyl groups is 12. The van der Waals surface area contributed by atoms with Crippen molar-refractivity contribution in [1.29, 1.82) is 0 Å². The summed E-state index contributed by atoms with van der Waals surface area (Å²) in [5.41, 5.74) is -2.53. The number of rotatable bonds is 7. The van der Waals surface area contributed by atoms with Crippen LogP contribution in [0.5, 0.6) is 86.2 Å². The van der Waals surface area contributed by atoms with Crippen LogP contribution < -0.4 is 19.6 Å². The summed E-state index contributed by atoms with van der Waals surface area (Å²) in [5.74, 6) is -11.9. The molecule has 0 bridgehead atoms. The van der Waals surface area contributed by atoms with E-state index in [2.05, 4.69) is 0 Å². The first-order chi connectivity index (χ1) is 30.3. The van der Waals surface area contributed by atoms with Gasteiger partial charge in [0, 0.05) is 59.4 Å². The molecule has 330 valence electrons. The van der Waals surface area contributed by atoms with Crippen LogP contribution in [-0.2, 0) is 22.3 Å². The van der Waals surface area contributed by atoms with Gasteiger partial charge in [-0.1, -0.05) is 0 Å². The first kappa shape index (κ1) is 41.9. The third-order valence-electron chi connectivity index (χ3n) is 10.7. The Morgan fingerprint density at radius 3 is 1.52 bits per heavy atom. The van der Waals surface area contributed by atoms with Crippen LogP contribution >= 0.6 is 0 Å². The van der Waals surface area contributed by atoms with Crippen molar-refractivity contribution in [1.82, 2.24) is 0 Å². The molecule has 20 nitrogen and oxygen atoms in total. The number of esters is 2. The maximum absolute atomic E-state index is 14.0. The van der Waals surface area contributed by atoms with Gasteiger partial charge in [0.15, 0.2) is 58.2 Å². The summed E-state index contributed by atoms with van der Waals surface area (Å²) in [5, 5.41) is 126. The molecular formula is C44H34O20. The maximum Gasteiger partial charge on any atom is 0.338 e. The molecular weight excluding hydrogens is 848 g/mol. The van der Waals surface area contributed by atoms with Crippen molar-refractivity contribution < 1.29 is 94.6 Å². The first-order valence-electron chi connectivity index (χ1n) is 18.8. The lowest BCUT2D eigenvalue weighted by atomic mass is 9.89. The molecule has 2 aliphatic rings. The molecule has 8 rings (SSSR count). The molecule has 6 aromatic carbocycles. The summed E-state index contributed by atoms with van der Waals surface area (Å²) in [4.78, 5) is 41.3. The van der Waals surface area contributed by atoms with Gasteiger partial charge in [-0.15, -0.1) is 0 Å². The van der Waals surface area contributed by atoms with Crippen LogP contribution in [0.3, 0.4) is 0 Å². The highest BCUT2D eigenvalue weighted by Crippen LogP contribution is 2.49. The van der Waals surface area contributed by atoms with Gasteiger partial charge in [0.05, 0.1) is 23.6 Å². The molecule has 0 amide bonds. The van der Waals surface area contributed by atoms with Gasteiger partial charge in [0.25, 0.3) is 0 Å². The fraction of sp³-hybridized carbons (Fsp3) is 0.159. The van der Waals surface area contributed by atoms with Crippen LogP contribution in [0.1, 0.15) is 55.2 Å². The monoisotopic (exact) mass is 882 g/mol. The van der Waals surface area contributed by atoms with E-state index in [9.17, 15) is 75.7 Å². The van der Waals surface area contributed by atoms with E-state index in [1.165, 1.54) is 6.07 Å². The van der Waals surface area contributed by atoms with Crippen LogP contribution in [0.15, 0.2) is 71.5 Å². The molecule has 0 spiro atoms. The molecule has 0 aliphatic carbocycles. The number of hydrogen-bond acceptors (Lipinski definition) is 20. The zero-order valence-corrected chi connectivity index (χ0v) is 32.7. The SMILES string of the molecule is COc1c(O)cc(C(=O)OC2Cc3c(O)cc(O)cc3OC2c2cc(O)c(O)c3c(=O)c(O)cc(C4Oc5cc(O)cc(O)c5CC4OC(=O)c4cc(O)c(O)c(O)c4)cc23)cc1O. The Hall–Kier alpha value is -8.81. The van der Waals surface area contributed by atoms with Gasteiger partial charge in [-0.25, -0.2) is 9.59 Å². The van der Waals surface area contributed by atoms with Crippen LogP contribution in [0, 0.1) is 0 Å². The van der Waals surface area contributed by atoms with Gasteiger partial charge < -0.3 is 85.0 Å². The molecule has 64 heavy (non-hydrogen) atoms. The van der Waals surface area contributed by atoms with Crippen molar-refractivity contribution >= 4 is 22.7 Å². The summed E-state index contributed by atoms with van der Waals surface area (Å²) in [6, 6.07) is 10.6. The van der Waals surface area contributed by atoms with Crippen LogP contribution in [0.2, 0.25) is 0 Å². The lowest BCUT2D eigenvalue weighted by molar-refractivity contribution is -0.0194. The summed E-state index contributed by atoms with van der Waals surface area (Å²) in [6.07, 6.45) is -7.04. The standard InChI is InChI=1S/C44H34O20/c1-60-42-30(53)6-17(7-31(42)54)44(59)64-35-14-23-25(48)9-19(46)11-33(23)62-41(35)21-12-29(52)39(57)36-20(21)2-15(3-28(51)38(36)56)40-34(13-22-24(47)8-18(45)10-32(22)61-40)63-43(58)16-4-26(49)37(55)27(50)5-16/h2-12,34-35,40-41,45-50,52-55,57H,13-14H2,1H3,(H,51,56). The second-order valence-corrected chi connectivity index (χ2v) is 14.8. The smallest absolute Gasteiger partial charge is 0.338 e. The largest absolute Gasteiger partial charge is 0.508 e. The molecule has 2 aliphatic heterocycles. The number of fused-ring (bicyclic) bond motifs is 3. The van der Waals surface area contributed by atoms with Crippen LogP contribution in [-0.4, -0.2) is 92.5 Å². The quantitative estimate of drug-likeness (QED) is 0.0776. The summed E-state index contributed by atoms with van der Waals surface area (Å²) in [6.45, 7) is 0. The minimum Gasteiger partial charge on any atom is -0.508 e. The van der Waals surface area contributed by atoms with E-state index in [0.717, 1.165) is 67.8 Å². The van der Waals surface area contributed by atoms with Crippen molar-refractivity contribution in [3.8, 4) is 86.2 Å². The zero-order chi connectivity index (χ0) is 46.0. The Morgan fingerprint density at radius 2 is 1.00 bits per heavy atom. The number of benzene rings is 5. The van der Waals surface area contributed by atoms with Gasteiger partial charge in [-0.2, -0.15) is 0 Å². The molecule has 0 radical (unpaired) electrons. The Balaban J connectivity index is 1.31. The second-order valence-electron chi connectivity index (χ2n) is 14.8. The van der Waals surface area contributed by atoms with E-state index in [0.29, 0.717) is 0 Å². The Kier molecular flexibility index (Phi) is 10.2. The summed E-state index contributed by atoms with van der Waals surface area (Å²) in [7, 11) is 1.16. The Labute approximate surface area is 357 Å². The molecule has 0 saturated carbocycles. The minimum absolute atomic E-state index is 0.0219. The topological polar surface area (TPSA) is 340 Å². The highest BCUT2D eigenvalue weighted by atomic mass is 16.6. The average molecular weight is 883 g/mol. The first-order valence-corrected chi connectivity index (χ1v) is 18.8. The number of carbonyl (C=O) groups excluding carboxylic acids is 2. The normalized spacial score (nSPS) is 17.6. The maximum atomic E-state index is 14.0. The van der Waals surface area contributed by atoms with Crippen LogP contribution in [0.25, 0.3) is 10.8 Å². The number of ether oxygens (including phenoxy) is 5. The predicted octanol–water partition coefficient (Wildman–Crippen LogP) is 4.48. The number of phenols is 11. The minimum atomic E-state index is -1.63.